The molecule has 0 aliphatic carbocycles. The highest BCUT2D eigenvalue weighted by atomic mass is 32.2. The van der Waals surface area contributed by atoms with Crippen molar-refractivity contribution in [2.75, 3.05) is 13.1 Å². The van der Waals surface area contributed by atoms with Crippen molar-refractivity contribution in [3.05, 3.63) is 0 Å². The van der Waals surface area contributed by atoms with Crippen molar-refractivity contribution >= 4 is 10.2 Å². The molecule has 3 N–H and O–H groups in total. The molecule has 0 saturated carbocycles. The van der Waals surface area contributed by atoms with Crippen LogP contribution >= 0.6 is 0 Å². The summed E-state index contributed by atoms with van der Waals surface area (Å²) in [5.74, 6) is 0. The molecular weight excluding hydrogens is 214 g/mol. The van der Waals surface area contributed by atoms with Crippen LogP contribution in [0.25, 0.3) is 0 Å². The molecule has 15 heavy (non-hydrogen) atoms. The highest BCUT2D eigenvalue weighted by Crippen LogP contribution is 2.08. The first kappa shape index (κ1) is 12.9. The predicted molar refractivity (Wildman–Crippen MR) is 60.8 cm³/mol. The summed E-state index contributed by atoms with van der Waals surface area (Å²) in [6.07, 6.45) is 2.52. The lowest BCUT2D eigenvalue weighted by Gasteiger charge is -2.28. The lowest BCUT2D eigenvalue weighted by atomic mass is 10.0. The van der Waals surface area contributed by atoms with E-state index in [0.29, 0.717) is 12.6 Å². The van der Waals surface area contributed by atoms with Crippen LogP contribution < -0.4 is 14.8 Å². The van der Waals surface area contributed by atoms with Gasteiger partial charge in [-0.25, -0.2) is 4.72 Å². The molecule has 0 amide bonds. The summed E-state index contributed by atoms with van der Waals surface area (Å²) in [5, 5.41) is 3.29. The van der Waals surface area contributed by atoms with E-state index in [2.05, 4.69) is 21.7 Å². The second-order valence-corrected chi connectivity index (χ2v) is 5.62. The van der Waals surface area contributed by atoms with Crippen molar-refractivity contribution in [3.63, 3.8) is 0 Å². The lowest BCUT2D eigenvalue weighted by molar-refractivity contribution is 0.360. The average molecular weight is 235 g/mol. The van der Waals surface area contributed by atoms with Crippen LogP contribution in [0.2, 0.25) is 0 Å². The van der Waals surface area contributed by atoms with E-state index in [1.807, 2.05) is 6.92 Å². The van der Waals surface area contributed by atoms with E-state index < -0.39 is 10.2 Å². The van der Waals surface area contributed by atoms with Crippen LogP contribution in [0.3, 0.4) is 0 Å². The molecule has 0 radical (unpaired) electrons. The van der Waals surface area contributed by atoms with Crippen molar-refractivity contribution in [2.45, 2.75) is 45.2 Å². The van der Waals surface area contributed by atoms with Crippen LogP contribution in [0.15, 0.2) is 0 Å². The van der Waals surface area contributed by atoms with Gasteiger partial charge in [0.05, 0.1) is 0 Å². The highest BCUT2D eigenvalue weighted by Gasteiger charge is 2.22. The summed E-state index contributed by atoms with van der Waals surface area (Å²) in [7, 11) is -3.29. The van der Waals surface area contributed by atoms with Crippen LogP contribution in [0.5, 0.6) is 0 Å². The van der Waals surface area contributed by atoms with Gasteiger partial charge in [0.2, 0.25) is 0 Å². The summed E-state index contributed by atoms with van der Waals surface area (Å²) >= 11 is 0. The van der Waals surface area contributed by atoms with Crippen molar-refractivity contribution < 1.29 is 8.42 Å². The van der Waals surface area contributed by atoms with Gasteiger partial charge in [-0.15, -0.1) is 0 Å². The molecule has 5 nitrogen and oxygen atoms in total. The number of hydrogen-bond acceptors (Lipinski definition) is 3. The Hall–Kier alpha value is -0.170. The van der Waals surface area contributed by atoms with E-state index >= 15 is 0 Å². The van der Waals surface area contributed by atoms with Gasteiger partial charge in [-0.2, -0.15) is 13.1 Å². The molecule has 0 spiro atoms. The van der Waals surface area contributed by atoms with Crippen LogP contribution in [-0.2, 0) is 10.2 Å². The largest absolute Gasteiger partial charge is 0.314 e. The zero-order valence-electron chi connectivity index (χ0n) is 9.41. The first-order valence-electron chi connectivity index (χ1n) is 5.54. The third kappa shape index (κ3) is 4.92. The van der Waals surface area contributed by atoms with Crippen LogP contribution in [0.4, 0.5) is 0 Å². The molecule has 2 unspecified atom stereocenters. The van der Waals surface area contributed by atoms with E-state index in [9.17, 15) is 8.42 Å². The Labute approximate surface area is 92.2 Å². The van der Waals surface area contributed by atoms with Crippen molar-refractivity contribution in [2.24, 2.45) is 0 Å². The molecule has 1 heterocycles. The monoisotopic (exact) mass is 235 g/mol. The minimum Gasteiger partial charge on any atom is -0.314 e. The number of hydrogen-bond donors (Lipinski definition) is 3. The van der Waals surface area contributed by atoms with Crippen molar-refractivity contribution in [3.8, 4) is 0 Å². The molecule has 0 aromatic rings. The molecule has 1 fully saturated rings. The third-order valence-electron chi connectivity index (χ3n) is 2.49. The van der Waals surface area contributed by atoms with E-state index in [1.54, 1.807) is 0 Å². The zero-order valence-corrected chi connectivity index (χ0v) is 10.2. The van der Waals surface area contributed by atoms with Crippen molar-refractivity contribution in [1.29, 1.82) is 0 Å². The van der Waals surface area contributed by atoms with Gasteiger partial charge >= 0.3 is 0 Å². The number of rotatable bonds is 5. The summed E-state index contributed by atoms with van der Waals surface area (Å²) < 4.78 is 28.2. The second-order valence-electron chi connectivity index (χ2n) is 4.09. The molecule has 0 bridgehead atoms. The highest BCUT2D eigenvalue weighted by molar-refractivity contribution is 7.87. The predicted octanol–water partition coefficient (Wildman–Crippen LogP) is -0.0391. The normalized spacial score (nSPS) is 27.9. The minimum atomic E-state index is -3.29. The van der Waals surface area contributed by atoms with Gasteiger partial charge in [0.25, 0.3) is 10.2 Å². The first-order valence-corrected chi connectivity index (χ1v) is 7.02. The average Bonchev–Trinajstić information content (AvgIpc) is 2.14. The van der Waals surface area contributed by atoms with Crippen LogP contribution in [0.1, 0.15) is 33.1 Å². The fourth-order valence-corrected chi connectivity index (χ4v) is 2.95. The Bertz CT molecular complexity index is 279. The summed E-state index contributed by atoms with van der Waals surface area (Å²) in [4.78, 5) is 0. The van der Waals surface area contributed by atoms with Gasteiger partial charge in [-0.3, -0.25) is 0 Å². The summed E-state index contributed by atoms with van der Waals surface area (Å²) in [6, 6.07) is 0.452. The van der Waals surface area contributed by atoms with E-state index in [-0.39, 0.29) is 6.04 Å². The third-order valence-corrected chi connectivity index (χ3v) is 3.72. The van der Waals surface area contributed by atoms with Gasteiger partial charge in [0, 0.05) is 18.6 Å². The molecule has 1 aliphatic rings. The van der Waals surface area contributed by atoms with Crippen molar-refractivity contribution in [1.82, 2.24) is 14.8 Å². The molecule has 2 atom stereocenters. The van der Waals surface area contributed by atoms with Gasteiger partial charge in [-0.1, -0.05) is 6.92 Å². The maximum absolute atomic E-state index is 11.5. The SMILES string of the molecule is CCCNS(=O)(=O)NC1CCNC(C)C1. The maximum atomic E-state index is 11.5. The summed E-state index contributed by atoms with van der Waals surface area (Å²) in [6.45, 7) is 5.38. The fourth-order valence-electron chi connectivity index (χ4n) is 1.74. The second kappa shape index (κ2) is 5.79. The van der Waals surface area contributed by atoms with E-state index in [0.717, 1.165) is 25.8 Å². The Morgan fingerprint density at radius 2 is 2.20 bits per heavy atom. The minimum absolute atomic E-state index is 0.0654. The van der Waals surface area contributed by atoms with E-state index in [1.165, 1.54) is 0 Å². The summed E-state index contributed by atoms with van der Waals surface area (Å²) in [5.41, 5.74) is 0. The lowest BCUT2D eigenvalue weighted by Crippen LogP contribution is -2.49. The standard InChI is InChI=1S/C9H21N3O2S/c1-3-5-11-15(13,14)12-9-4-6-10-8(2)7-9/h8-12H,3-7H2,1-2H3. The van der Waals surface area contributed by atoms with Gasteiger partial charge in [0.1, 0.15) is 0 Å². The molecule has 1 aliphatic heterocycles. The molecule has 1 rings (SSSR count). The topological polar surface area (TPSA) is 70.2 Å². The van der Waals surface area contributed by atoms with Gasteiger partial charge in [0.15, 0.2) is 0 Å². The molecule has 0 aromatic carbocycles. The Morgan fingerprint density at radius 3 is 2.80 bits per heavy atom. The molecular formula is C9H21N3O2S. The molecule has 0 aromatic heterocycles. The van der Waals surface area contributed by atoms with Crippen LogP contribution in [-0.4, -0.2) is 33.6 Å². The number of piperidine rings is 1. The Balaban J connectivity index is 2.39. The smallest absolute Gasteiger partial charge is 0.277 e. The fraction of sp³-hybridized carbons (Fsp3) is 1.00. The first-order chi connectivity index (χ1) is 7.03. The van der Waals surface area contributed by atoms with Gasteiger partial charge in [-0.05, 0) is 32.7 Å². The quantitative estimate of drug-likeness (QED) is 0.626. The maximum Gasteiger partial charge on any atom is 0.277 e. The zero-order chi connectivity index (χ0) is 11.3. The Kier molecular flexibility index (Phi) is 4.98. The van der Waals surface area contributed by atoms with E-state index in [4.69, 9.17) is 0 Å². The number of nitrogens with one attached hydrogen (secondary N) is 3. The van der Waals surface area contributed by atoms with Gasteiger partial charge < -0.3 is 5.32 Å². The van der Waals surface area contributed by atoms with Crippen LogP contribution in [0, 0.1) is 0 Å². The molecule has 6 heteroatoms. The molecule has 90 valence electrons. The Morgan fingerprint density at radius 1 is 1.47 bits per heavy atom. The molecule has 1 saturated heterocycles.